The molecule has 1 N–H and O–H groups in total. The van der Waals surface area contributed by atoms with Gasteiger partial charge in [0.25, 0.3) is 5.91 Å². The molecular weight excluding hydrogens is 288 g/mol. The topological polar surface area (TPSA) is 55.1 Å². The average molecular weight is 306 g/mol. The van der Waals surface area contributed by atoms with Crippen LogP contribution >= 0.6 is 0 Å². The van der Waals surface area contributed by atoms with E-state index in [0.29, 0.717) is 11.6 Å². The van der Waals surface area contributed by atoms with Crippen LogP contribution in [-0.2, 0) is 0 Å². The summed E-state index contributed by atoms with van der Waals surface area (Å²) in [5.74, 6) is 0.413. The summed E-state index contributed by atoms with van der Waals surface area (Å²) in [6, 6.07) is 15.4. The predicted molar refractivity (Wildman–Crippen MR) is 90.5 cm³/mol. The lowest BCUT2D eigenvalue weighted by molar-refractivity contribution is 0.0996. The first-order chi connectivity index (χ1) is 11.1. The number of hydrogen-bond donors (Lipinski definition) is 1. The second-order valence-corrected chi connectivity index (χ2v) is 5.52. The number of carbonyl (C=O) groups is 1. The summed E-state index contributed by atoms with van der Waals surface area (Å²) in [5.41, 5.74) is 4.27. The fourth-order valence-electron chi connectivity index (χ4n) is 2.49. The van der Waals surface area contributed by atoms with E-state index in [-0.39, 0.29) is 11.7 Å². The zero-order valence-corrected chi connectivity index (χ0v) is 13.4. The first-order valence-electron chi connectivity index (χ1n) is 7.46. The molecule has 0 aliphatic carbocycles. The van der Waals surface area contributed by atoms with Gasteiger partial charge in [-0.15, -0.1) is 0 Å². The molecule has 0 unspecified atom stereocenters. The lowest BCUT2D eigenvalue weighted by Gasteiger charge is -2.10. The molecule has 1 aromatic heterocycles. The van der Waals surface area contributed by atoms with Crippen molar-refractivity contribution in [3.05, 3.63) is 71.1 Å². The van der Waals surface area contributed by atoms with Crippen LogP contribution in [0.5, 0.6) is 0 Å². The Labute approximate surface area is 135 Å². The molecule has 0 radical (unpaired) electrons. The summed E-state index contributed by atoms with van der Waals surface area (Å²) in [4.78, 5) is 16.9. The van der Waals surface area contributed by atoms with Crippen molar-refractivity contribution in [2.75, 3.05) is 5.32 Å². The molecule has 0 fully saturated rings. The van der Waals surface area contributed by atoms with E-state index in [0.717, 1.165) is 22.4 Å². The second-order valence-electron chi connectivity index (χ2n) is 5.52. The van der Waals surface area contributed by atoms with E-state index in [4.69, 9.17) is 4.42 Å². The van der Waals surface area contributed by atoms with Crippen molar-refractivity contribution in [3.63, 3.8) is 0 Å². The van der Waals surface area contributed by atoms with Gasteiger partial charge in [-0.05, 0) is 44.0 Å². The number of aryl methyl sites for hydroxylation is 3. The highest BCUT2D eigenvalue weighted by atomic mass is 16.4. The Balaban J connectivity index is 1.90. The fraction of sp³-hybridized carbons (Fsp3) is 0.158. The molecule has 0 aliphatic heterocycles. The van der Waals surface area contributed by atoms with Crippen molar-refractivity contribution in [1.82, 2.24) is 4.98 Å². The molecule has 1 amide bonds. The SMILES string of the molecule is Cc1cccc(C)c1NC(=O)c1oc(-c2ccccc2)nc1C. The molecule has 2 aromatic carbocycles. The van der Waals surface area contributed by atoms with Gasteiger partial charge >= 0.3 is 0 Å². The normalized spacial score (nSPS) is 10.6. The molecule has 23 heavy (non-hydrogen) atoms. The number of amides is 1. The number of nitrogens with one attached hydrogen (secondary N) is 1. The van der Waals surface area contributed by atoms with Crippen LogP contribution in [0.2, 0.25) is 0 Å². The molecule has 0 atom stereocenters. The summed E-state index contributed by atoms with van der Waals surface area (Å²) < 4.78 is 5.69. The van der Waals surface area contributed by atoms with Crippen molar-refractivity contribution in [3.8, 4) is 11.5 Å². The van der Waals surface area contributed by atoms with E-state index in [1.165, 1.54) is 0 Å². The molecule has 1 heterocycles. The smallest absolute Gasteiger partial charge is 0.293 e. The van der Waals surface area contributed by atoms with Crippen LogP contribution in [0.1, 0.15) is 27.4 Å². The van der Waals surface area contributed by atoms with Crippen LogP contribution in [0.25, 0.3) is 11.5 Å². The van der Waals surface area contributed by atoms with Crippen molar-refractivity contribution >= 4 is 11.6 Å². The van der Waals surface area contributed by atoms with Crippen LogP contribution in [0.3, 0.4) is 0 Å². The Morgan fingerprint density at radius 3 is 2.26 bits per heavy atom. The third-order valence-corrected chi connectivity index (χ3v) is 3.74. The zero-order valence-electron chi connectivity index (χ0n) is 13.4. The summed E-state index contributed by atoms with van der Waals surface area (Å²) in [5, 5.41) is 2.93. The number of aromatic nitrogens is 1. The molecule has 0 saturated carbocycles. The standard InChI is InChI=1S/C19H18N2O2/c1-12-8-7-9-13(2)16(12)21-18(22)17-14(3)20-19(23-17)15-10-5-4-6-11-15/h4-11H,1-3H3,(H,21,22). The third-order valence-electron chi connectivity index (χ3n) is 3.74. The summed E-state index contributed by atoms with van der Waals surface area (Å²) in [6.45, 7) is 5.70. The summed E-state index contributed by atoms with van der Waals surface area (Å²) >= 11 is 0. The molecule has 0 bridgehead atoms. The van der Waals surface area contributed by atoms with E-state index >= 15 is 0 Å². The van der Waals surface area contributed by atoms with Crippen LogP contribution in [0.15, 0.2) is 52.9 Å². The van der Waals surface area contributed by atoms with Gasteiger partial charge in [0.05, 0.1) is 5.69 Å². The maximum Gasteiger partial charge on any atom is 0.293 e. The highest BCUT2D eigenvalue weighted by Crippen LogP contribution is 2.24. The number of rotatable bonds is 3. The molecule has 3 aromatic rings. The van der Waals surface area contributed by atoms with Crippen molar-refractivity contribution in [1.29, 1.82) is 0 Å². The molecule has 0 spiro atoms. The van der Waals surface area contributed by atoms with Gasteiger partial charge in [0.15, 0.2) is 0 Å². The second kappa shape index (κ2) is 6.08. The molecule has 4 nitrogen and oxygen atoms in total. The van der Waals surface area contributed by atoms with Gasteiger partial charge in [0.2, 0.25) is 11.7 Å². The average Bonchev–Trinajstić information content (AvgIpc) is 2.94. The number of hydrogen-bond acceptors (Lipinski definition) is 3. The van der Waals surface area contributed by atoms with Gasteiger partial charge < -0.3 is 9.73 Å². The molecule has 0 saturated heterocycles. The summed E-state index contributed by atoms with van der Waals surface area (Å²) in [6.07, 6.45) is 0. The predicted octanol–water partition coefficient (Wildman–Crippen LogP) is 4.52. The Bertz CT molecular complexity index is 831. The maximum atomic E-state index is 12.5. The van der Waals surface area contributed by atoms with E-state index in [1.54, 1.807) is 6.92 Å². The van der Waals surface area contributed by atoms with Crippen LogP contribution < -0.4 is 5.32 Å². The molecule has 4 heteroatoms. The Kier molecular flexibility index (Phi) is 3.98. The minimum absolute atomic E-state index is 0.242. The number of anilines is 1. The van der Waals surface area contributed by atoms with Crippen LogP contribution in [0.4, 0.5) is 5.69 Å². The van der Waals surface area contributed by atoms with Gasteiger partial charge in [-0.3, -0.25) is 4.79 Å². The van der Waals surface area contributed by atoms with Gasteiger partial charge in [-0.1, -0.05) is 36.4 Å². The van der Waals surface area contributed by atoms with Gasteiger partial charge in [0.1, 0.15) is 0 Å². The number of benzene rings is 2. The van der Waals surface area contributed by atoms with Gasteiger partial charge in [-0.2, -0.15) is 0 Å². The molecule has 0 aliphatic rings. The van der Waals surface area contributed by atoms with Crippen molar-refractivity contribution in [2.24, 2.45) is 0 Å². The quantitative estimate of drug-likeness (QED) is 0.774. The van der Waals surface area contributed by atoms with Gasteiger partial charge in [-0.25, -0.2) is 4.98 Å². The highest BCUT2D eigenvalue weighted by molar-refractivity contribution is 6.04. The fourth-order valence-corrected chi connectivity index (χ4v) is 2.49. The number of carbonyl (C=O) groups excluding carboxylic acids is 1. The minimum atomic E-state index is -0.283. The van der Waals surface area contributed by atoms with Crippen molar-refractivity contribution in [2.45, 2.75) is 20.8 Å². The Morgan fingerprint density at radius 2 is 1.61 bits per heavy atom. The molecular formula is C19H18N2O2. The Hall–Kier alpha value is -2.88. The summed E-state index contributed by atoms with van der Waals surface area (Å²) in [7, 11) is 0. The largest absolute Gasteiger partial charge is 0.431 e. The first kappa shape index (κ1) is 15.0. The Morgan fingerprint density at radius 1 is 0.957 bits per heavy atom. The maximum absolute atomic E-state index is 12.5. The molecule has 116 valence electrons. The van der Waals surface area contributed by atoms with E-state index in [9.17, 15) is 4.79 Å². The zero-order chi connectivity index (χ0) is 16.4. The van der Waals surface area contributed by atoms with Gasteiger partial charge in [0, 0.05) is 11.3 Å². The number of nitrogens with zero attached hydrogens (tertiary/aromatic N) is 1. The lowest BCUT2D eigenvalue weighted by Crippen LogP contribution is -2.14. The lowest BCUT2D eigenvalue weighted by atomic mass is 10.1. The number of oxazole rings is 1. The highest BCUT2D eigenvalue weighted by Gasteiger charge is 2.19. The third kappa shape index (κ3) is 3.01. The van der Waals surface area contributed by atoms with Crippen molar-refractivity contribution < 1.29 is 9.21 Å². The monoisotopic (exact) mass is 306 g/mol. The van der Waals surface area contributed by atoms with E-state index < -0.39 is 0 Å². The first-order valence-corrected chi connectivity index (χ1v) is 7.46. The van der Waals surface area contributed by atoms with Crippen LogP contribution in [-0.4, -0.2) is 10.9 Å². The van der Waals surface area contributed by atoms with E-state index in [2.05, 4.69) is 10.3 Å². The number of para-hydroxylation sites is 1. The molecule has 3 rings (SSSR count). The van der Waals surface area contributed by atoms with Crippen LogP contribution in [0, 0.1) is 20.8 Å². The van der Waals surface area contributed by atoms with E-state index in [1.807, 2.05) is 62.4 Å². The minimum Gasteiger partial charge on any atom is -0.431 e.